The molecule has 4 heteroatoms. The lowest BCUT2D eigenvalue weighted by atomic mass is 9.88. The van der Waals surface area contributed by atoms with Crippen molar-refractivity contribution in [2.45, 2.75) is 53.0 Å². The average Bonchev–Trinajstić information content (AvgIpc) is 2.84. The van der Waals surface area contributed by atoms with Crippen molar-refractivity contribution >= 4 is 0 Å². The van der Waals surface area contributed by atoms with Crippen molar-refractivity contribution in [1.82, 2.24) is 15.1 Å². The zero-order valence-electron chi connectivity index (χ0n) is 13.8. The van der Waals surface area contributed by atoms with Gasteiger partial charge in [-0.05, 0) is 30.7 Å². The fourth-order valence-electron chi connectivity index (χ4n) is 2.49. The summed E-state index contributed by atoms with van der Waals surface area (Å²) in [5.41, 5.74) is 1.40. The van der Waals surface area contributed by atoms with Crippen LogP contribution in [0.2, 0.25) is 0 Å². The van der Waals surface area contributed by atoms with Crippen LogP contribution in [0.3, 0.4) is 0 Å². The van der Waals surface area contributed by atoms with E-state index in [-0.39, 0.29) is 5.41 Å². The van der Waals surface area contributed by atoms with Gasteiger partial charge in [0.1, 0.15) is 0 Å². The van der Waals surface area contributed by atoms with E-state index < -0.39 is 0 Å². The smallest absolute Gasteiger partial charge is 0.0630 e. The van der Waals surface area contributed by atoms with Gasteiger partial charge in [0.15, 0.2) is 0 Å². The van der Waals surface area contributed by atoms with Crippen molar-refractivity contribution in [2.24, 2.45) is 5.41 Å². The van der Waals surface area contributed by atoms with E-state index in [4.69, 9.17) is 9.84 Å². The summed E-state index contributed by atoms with van der Waals surface area (Å²) < 4.78 is 7.18. The SMILES string of the molecule is CCC(CC)n1ccc(CC(C)(C)CNCCOC)n1. The van der Waals surface area contributed by atoms with Crippen LogP contribution >= 0.6 is 0 Å². The molecule has 1 rings (SSSR count). The first-order chi connectivity index (χ1) is 9.52. The summed E-state index contributed by atoms with van der Waals surface area (Å²) in [5, 5.41) is 8.19. The van der Waals surface area contributed by atoms with Crippen LogP contribution in [0.25, 0.3) is 0 Å². The minimum atomic E-state index is 0.209. The Morgan fingerprint density at radius 3 is 2.65 bits per heavy atom. The van der Waals surface area contributed by atoms with Gasteiger partial charge < -0.3 is 10.1 Å². The number of methoxy groups -OCH3 is 1. The summed E-state index contributed by atoms with van der Waals surface area (Å²) in [7, 11) is 1.73. The molecule has 0 aliphatic carbocycles. The van der Waals surface area contributed by atoms with E-state index in [1.165, 1.54) is 5.69 Å². The van der Waals surface area contributed by atoms with Gasteiger partial charge in [0, 0.05) is 26.4 Å². The van der Waals surface area contributed by atoms with E-state index in [2.05, 4.69) is 50.0 Å². The predicted octanol–water partition coefficient (Wildman–Crippen LogP) is 3.05. The maximum atomic E-state index is 5.05. The highest BCUT2D eigenvalue weighted by molar-refractivity contribution is 5.03. The van der Waals surface area contributed by atoms with Crippen LogP contribution in [0, 0.1) is 5.41 Å². The molecule has 0 aliphatic rings. The zero-order valence-corrected chi connectivity index (χ0v) is 13.8. The molecule has 1 aromatic heterocycles. The highest BCUT2D eigenvalue weighted by Gasteiger charge is 2.20. The average molecular weight is 281 g/mol. The molecule has 0 amide bonds. The monoisotopic (exact) mass is 281 g/mol. The third-order valence-electron chi connectivity index (χ3n) is 3.73. The first kappa shape index (κ1) is 17.2. The normalized spacial score (nSPS) is 12.3. The molecule has 0 aliphatic heterocycles. The maximum Gasteiger partial charge on any atom is 0.0630 e. The molecule has 0 aromatic carbocycles. The highest BCUT2D eigenvalue weighted by Crippen LogP contribution is 2.21. The largest absolute Gasteiger partial charge is 0.383 e. The number of hydrogen-bond donors (Lipinski definition) is 1. The topological polar surface area (TPSA) is 39.1 Å². The van der Waals surface area contributed by atoms with Crippen LogP contribution in [-0.2, 0) is 11.2 Å². The molecule has 4 nitrogen and oxygen atoms in total. The molecule has 116 valence electrons. The lowest BCUT2D eigenvalue weighted by Crippen LogP contribution is -2.33. The summed E-state index contributed by atoms with van der Waals surface area (Å²) in [6, 6.07) is 2.70. The van der Waals surface area contributed by atoms with Gasteiger partial charge in [0.2, 0.25) is 0 Å². The second-order valence-electron chi connectivity index (χ2n) is 6.27. The zero-order chi connectivity index (χ0) is 15.0. The van der Waals surface area contributed by atoms with Gasteiger partial charge in [-0.2, -0.15) is 5.10 Å². The Balaban J connectivity index is 2.50. The van der Waals surface area contributed by atoms with Gasteiger partial charge in [-0.1, -0.05) is 27.7 Å². The number of rotatable bonds is 10. The molecule has 1 aromatic rings. The predicted molar refractivity (Wildman–Crippen MR) is 84.1 cm³/mol. The Morgan fingerprint density at radius 1 is 1.35 bits per heavy atom. The maximum absolute atomic E-state index is 5.05. The Morgan fingerprint density at radius 2 is 2.05 bits per heavy atom. The number of aromatic nitrogens is 2. The summed E-state index contributed by atoms with van der Waals surface area (Å²) in [5.74, 6) is 0. The lowest BCUT2D eigenvalue weighted by Gasteiger charge is -2.24. The van der Waals surface area contributed by atoms with E-state index in [0.29, 0.717) is 6.04 Å². The Labute approximate surface area is 123 Å². The molecular formula is C16H31N3O. The standard InChI is InChI=1S/C16H31N3O/c1-6-15(7-2)19-10-8-14(18-19)12-16(3,4)13-17-9-11-20-5/h8,10,15,17H,6-7,9,11-13H2,1-5H3. The molecule has 0 atom stereocenters. The molecule has 0 unspecified atom stereocenters. The summed E-state index contributed by atoms with van der Waals surface area (Å²) in [6.07, 6.45) is 5.40. The summed E-state index contributed by atoms with van der Waals surface area (Å²) >= 11 is 0. The van der Waals surface area contributed by atoms with Crippen LogP contribution in [-0.4, -0.2) is 36.6 Å². The fraction of sp³-hybridized carbons (Fsp3) is 0.812. The van der Waals surface area contributed by atoms with Gasteiger partial charge in [0.25, 0.3) is 0 Å². The molecule has 0 saturated carbocycles. The molecular weight excluding hydrogens is 250 g/mol. The minimum absolute atomic E-state index is 0.209. The van der Waals surface area contributed by atoms with Crippen molar-refractivity contribution in [2.75, 3.05) is 26.8 Å². The molecule has 0 spiro atoms. The molecule has 0 bridgehead atoms. The first-order valence-electron chi connectivity index (χ1n) is 7.76. The van der Waals surface area contributed by atoms with Gasteiger partial charge >= 0.3 is 0 Å². The second-order valence-corrected chi connectivity index (χ2v) is 6.27. The molecule has 1 N–H and O–H groups in total. The van der Waals surface area contributed by atoms with Crippen LogP contribution in [0.5, 0.6) is 0 Å². The number of nitrogens with one attached hydrogen (secondary N) is 1. The van der Waals surface area contributed by atoms with E-state index in [1.54, 1.807) is 7.11 Å². The van der Waals surface area contributed by atoms with E-state index in [0.717, 1.165) is 39.0 Å². The second kappa shape index (κ2) is 8.42. The molecule has 0 fully saturated rings. The van der Waals surface area contributed by atoms with Gasteiger partial charge in [-0.25, -0.2) is 0 Å². The van der Waals surface area contributed by atoms with Crippen molar-refractivity contribution in [3.63, 3.8) is 0 Å². The van der Waals surface area contributed by atoms with Gasteiger partial charge in [0.05, 0.1) is 18.3 Å². The van der Waals surface area contributed by atoms with Crippen LogP contribution in [0.15, 0.2) is 12.3 Å². The summed E-state index contributed by atoms with van der Waals surface area (Å²) in [6.45, 7) is 11.7. The third-order valence-corrected chi connectivity index (χ3v) is 3.73. The molecule has 0 radical (unpaired) electrons. The lowest BCUT2D eigenvalue weighted by molar-refractivity contribution is 0.193. The van der Waals surface area contributed by atoms with E-state index >= 15 is 0 Å². The van der Waals surface area contributed by atoms with Crippen molar-refractivity contribution in [3.8, 4) is 0 Å². The van der Waals surface area contributed by atoms with E-state index in [9.17, 15) is 0 Å². The third kappa shape index (κ3) is 5.63. The van der Waals surface area contributed by atoms with Crippen molar-refractivity contribution in [1.29, 1.82) is 0 Å². The summed E-state index contributed by atoms with van der Waals surface area (Å²) in [4.78, 5) is 0. The van der Waals surface area contributed by atoms with Gasteiger partial charge in [-0.3, -0.25) is 4.68 Å². The van der Waals surface area contributed by atoms with Crippen LogP contribution in [0.1, 0.15) is 52.3 Å². The quantitative estimate of drug-likeness (QED) is 0.670. The number of ether oxygens (including phenoxy) is 1. The first-order valence-corrected chi connectivity index (χ1v) is 7.76. The molecule has 1 heterocycles. The molecule has 20 heavy (non-hydrogen) atoms. The number of nitrogens with zero attached hydrogens (tertiary/aromatic N) is 2. The van der Waals surface area contributed by atoms with Gasteiger partial charge in [-0.15, -0.1) is 0 Å². The Bertz CT molecular complexity index is 370. The van der Waals surface area contributed by atoms with Crippen LogP contribution < -0.4 is 5.32 Å². The van der Waals surface area contributed by atoms with E-state index in [1.807, 2.05) is 0 Å². The van der Waals surface area contributed by atoms with Crippen molar-refractivity contribution < 1.29 is 4.74 Å². The Kier molecular flexibility index (Phi) is 7.24. The highest BCUT2D eigenvalue weighted by atomic mass is 16.5. The van der Waals surface area contributed by atoms with Crippen LogP contribution in [0.4, 0.5) is 0 Å². The Hall–Kier alpha value is -0.870. The fourth-order valence-corrected chi connectivity index (χ4v) is 2.49. The number of hydrogen-bond acceptors (Lipinski definition) is 3. The molecule has 0 saturated heterocycles. The van der Waals surface area contributed by atoms with Crippen molar-refractivity contribution in [3.05, 3.63) is 18.0 Å². The minimum Gasteiger partial charge on any atom is -0.383 e.